The highest BCUT2D eigenvalue weighted by atomic mass is 19.4. The van der Waals surface area contributed by atoms with Crippen molar-refractivity contribution >= 4 is 28.4 Å². The van der Waals surface area contributed by atoms with Crippen LogP contribution in [0, 0.1) is 0 Å². The lowest BCUT2D eigenvalue weighted by Gasteiger charge is -2.16. The van der Waals surface area contributed by atoms with E-state index in [9.17, 15) is 22.8 Å². The minimum Gasteiger partial charge on any atom is -0.334 e. The number of halogens is 3. The van der Waals surface area contributed by atoms with Crippen molar-refractivity contribution in [2.24, 2.45) is 0 Å². The topological polar surface area (TPSA) is 71.1 Å². The number of anilines is 1. The number of rotatable bonds is 6. The number of ketones is 1. The van der Waals surface area contributed by atoms with Crippen LogP contribution in [0.15, 0.2) is 109 Å². The van der Waals surface area contributed by atoms with Gasteiger partial charge in [-0.15, -0.1) is 0 Å². The van der Waals surface area contributed by atoms with Crippen LogP contribution in [0.4, 0.5) is 23.7 Å². The van der Waals surface area contributed by atoms with Gasteiger partial charge in [0.05, 0.1) is 11.1 Å². The first-order chi connectivity index (χ1) is 18.8. The van der Waals surface area contributed by atoms with Crippen LogP contribution in [-0.2, 0) is 12.7 Å². The van der Waals surface area contributed by atoms with Gasteiger partial charge in [-0.1, -0.05) is 84.9 Å². The second-order valence-corrected chi connectivity index (χ2v) is 8.82. The third-order valence-electron chi connectivity index (χ3n) is 6.19. The molecule has 8 heteroatoms. The number of fused-ring (bicyclic) bond motifs is 1. The number of pyridine rings is 1. The summed E-state index contributed by atoms with van der Waals surface area (Å²) in [5.74, 6) is -0.378. The van der Waals surface area contributed by atoms with Crippen molar-refractivity contribution in [2.45, 2.75) is 12.7 Å². The summed E-state index contributed by atoms with van der Waals surface area (Å²) >= 11 is 0. The predicted molar refractivity (Wildman–Crippen MR) is 144 cm³/mol. The molecule has 2 amide bonds. The second-order valence-electron chi connectivity index (χ2n) is 8.82. The fourth-order valence-electron chi connectivity index (χ4n) is 4.39. The fourth-order valence-corrected chi connectivity index (χ4v) is 4.39. The molecular formula is C31H22F3N3O2. The normalized spacial score (nSPS) is 11.3. The molecule has 0 radical (unpaired) electrons. The number of benzene rings is 4. The van der Waals surface area contributed by atoms with E-state index in [0.29, 0.717) is 28.9 Å². The van der Waals surface area contributed by atoms with Gasteiger partial charge >= 0.3 is 12.2 Å². The number of hydrogen-bond donors (Lipinski definition) is 2. The molecule has 4 aromatic carbocycles. The monoisotopic (exact) mass is 525 g/mol. The van der Waals surface area contributed by atoms with Crippen LogP contribution in [0.5, 0.6) is 0 Å². The zero-order chi connectivity index (χ0) is 27.4. The van der Waals surface area contributed by atoms with E-state index in [1.807, 2.05) is 30.3 Å². The van der Waals surface area contributed by atoms with Crippen molar-refractivity contribution in [3.8, 4) is 11.1 Å². The van der Waals surface area contributed by atoms with Gasteiger partial charge in [0.25, 0.3) is 0 Å². The number of alkyl halides is 3. The molecule has 0 aliphatic carbocycles. The number of aromatic nitrogens is 1. The molecular weight excluding hydrogens is 503 g/mol. The zero-order valence-corrected chi connectivity index (χ0v) is 20.5. The summed E-state index contributed by atoms with van der Waals surface area (Å²) in [6.45, 7) is 0.317. The summed E-state index contributed by atoms with van der Waals surface area (Å²) in [6, 6.07) is 27.8. The smallest absolute Gasteiger partial charge is 0.334 e. The summed E-state index contributed by atoms with van der Waals surface area (Å²) in [5, 5.41) is 5.71. The average Bonchev–Trinajstić information content (AvgIpc) is 2.95. The summed E-state index contributed by atoms with van der Waals surface area (Å²) in [7, 11) is 0. The molecule has 0 bridgehead atoms. The van der Waals surface area contributed by atoms with Crippen LogP contribution in [0.2, 0.25) is 0 Å². The van der Waals surface area contributed by atoms with Gasteiger partial charge in [0.15, 0.2) is 5.78 Å². The SMILES string of the molecule is O=C(NCc1ccccc1)Nc1cccc(-c2c(C(=O)c3ccccc3)cnc3c(C(F)(F)F)cccc23)c1. The van der Waals surface area contributed by atoms with Crippen molar-refractivity contribution < 1.29 is 22.8 Å². The van der Waals surface area contributed by atoms with Gasteiger partial charge in [0.1, 0.15) is 0 Å². The van der Waals surface area contributed by atoms with E-state index in [-0.39, 0.29) is 22.2 Å². The molecule has 194 valence electrons. The minimum atomic E-state index is -4.63. The first-order valence-electron chi connectivity index (χ1n) is 12.1. The number of carbonyl (C=O) groups is 2. The number of urea groups is 1. The molecule has 0 aliphatic rings. The highest BCUT2D eigenvalue weighted by molar-refractivity contribution is 6.17. The number of hydrogen-bond acceptors (Lipinski definition) is 3. The molecule has 0 saturated carbocycles. The summed E-state index contributed by atoms with van der Waals surface area (Å²) in [6.07, 6.45) is -3.44. The molecule has 0 saturated heterocycles. The Hall–Kier alpha value is -4.98. The Morgan fingerprint density at radius 3 is 2.21 bits per heavy atom. The molecule has 0 unspecified atom stereocenters. The minimum absolute atomic E-state index is 0.152. The van der Waals surface area contributed by atoms with Crippen LogP contribution in [0.3, 0.4) is 0 Å². The maximum Gasteiger partial charge on any atom is 0.418 e. The van der Waals surface area contributed by atoms with Gasteiger partial charge in [0.2, 0.25) is 0 Å². The predicted octanol–water partition coefficient (Wildman–Crippen LogP) is 7.47. The Morgan fingerprint density at radius 1 is 0.795 bits per heavy atom. The molecule has 1 aromatic heterocycles. The number of carbonyl (C=O) groups excluding carboxylic acids is 2. The number of nitrogens with zero attached hydrogens (tertiary/aromatic N) is 1. The van der Waals surface area contributed by atoms with Gasteiger partial charge < -0.3 is 10.6 Å². The third kappa shape index (κ3) is 5.65. The van der Waals surface area contributed by atoms with Gasteiger partial charge in [-0.25, -0.2) is 4.79 Å². The van der Waals surface area contributed by atoms with Gasteiger partial charge in [-0.3, -0.25) is 9.78 Å². The van der Waals surface area contributed by atoms with E-state index >= 15 is 0 Å². The van der Waals surface area contributed by atoms with E-state index in [1.165, 1.54) is 18.3 Å². The molecule has 2 N–H and O–H groups in total. The third-order valence-corrected chi connectivity index (χ3v) is 6.19. The number of amides is 2. The molecule has 1 heterocycles. The Kier molecular flexibility index (Phi) is 7.10. The zero-order valence-electron chi connectivity index (χ0n) is 20.5. The van der Waals surface area contributed by atoms with Gasteiger partial charge in [0, 0.05) is 40.5 Å². The van der Waals surface area contributed by atoms with Crippen LogP contribution in [0.25, 0.3) is 22.0 Å². The average molecular weight is 526 g/mol. The lowest BCUT2D eigenvalue weighted by atomic mass is 9.91. The largest absolute Gasteiger partial charge is 0.418 e. The Labute approximate surface area is 222 Å². The molecule has 0 spiro atoms. The van der Waals surface area contributed by atoms with E-state index in [2.05, 4.69) is 15.6 Å². The van der Waals surface area contributed by atoms with E-state index in [1.54, 1.807) is 54.6 Å². The van der Waals surface area contributed by atoms with Gasteiger partial charge in [-0.2, -0.15) is 13.2 Å². The van der Waals surface area contributed by atoms with Gasteiger partial charge in [-0.05, 0) is 29.3 Å². The first-order valence-corrected chi connectivity index (χ1v) is 12.1. The van der Waals surface area contributed by atoms with Crippen LogP contribution in [-0.4, -0.2) is 16.8 Å². The summed E-state index contributed by atoms with van der Waals surface area (Å²) < 4.78 is 41.5. The summed E-state index contributed by atoms with van der Waals surface area (Å²) in [5.41, 5.74) is 1.47. The standard InChI is InChI=1S/C31H22F3N3O2/c32-31(33,34)26-16-8-15-24-27(25(19-35-28(24)26)29(38)21-11-5-2-6-12-21)22-13-7-14-23(17-22)37-30(39)36-18-20-9-3-1-4-10-20/h1-17,19H,18H2,(H2,36,37,39). The Bertz CT molecular complexity index is 1650. The van der Waals surface area contributed by atoms with Crippen LogP contribution in [0.1, 0.15) is 27.0 Å². The molecule has 0 atom stereocenters. The van der Waals surface area contributed by atoms with E-state index in [0.717, 1.165) is 11.6 Å². The Balaban J connectivity index is 1.57. The van der Waals surface area contributed by atoms with Crippen LogP contribution >= 0.6 is 0 Å². The first kappa shape index (κ1) is 25.7. The molecule has 5 aromatic rings. The molecule has 5 rings (SSSR count). The van der Waals surface area contributed by atoms with Crippen molar-refractivity contribution in [3.63, 3.8) is 0 Å². The second kappa shape index (κ2) is 10.8. The lowest BCUT2D eigenvalue weighted by molar-refractivity contribution is -0.136. The number of nitrogens with one attached hydrogen (secondary N) is 2. The fraction of sp³-hybridized carbons (Fsp3) is 0.0645. The van der Waals surface area contributed by atoms with E-state index < -0.39 is 17.8 Å². The Morgan fingerprint density at radius 2 is 1.49 bits per heavy atom. The van der Waals surface area contributed by atoms with Crippen molar-refractivity contribution in [3.05, 3.63) is 132 Å². The molecule has 0 aliphatic heterocycles. The number of para-hydroxylation sites is 1. The van der Waals surface area contributed by atoms with Crippen molar-refractivity contribution in [1.29, 1.82) is 0 Å². The molecule has 0 fully saturated rings. The molecule has 39 heavy (non-hydrogen) atoms. The van der Waals surface area contributed by atoms with Crippen molar-refractivity contribution in [2.75, 3.05) is 5.32 Å². The van der Waals surface area contributed by atoms with E-state index in [4.69, 9.17) is 0 Å². The van der Waals surface area contributed by atoms with Crippen molar-refractivity contribution in [1.82, 2.24) is 10.3 Å². The quantitative estimate of drug-likeness (QED) is 0.226. The van der Waals surface area contributed by atoms with Crippen LogP contribution < -0.4 is 10.6 Å². The molecule has 5 nitrogen and oxygen atoms in total. The maximum atomic E-state index is 13.8. The highest BCUT2D eigenvalue weighted by Gasteiger charge is 2.34. The maximum absolute atomic E-state index is 13.8. The summed E-state index contributed by atoms with van der Waals surface area (Å²) in [4.78, 5) is 30.1. The lowest BCUT2D eigenvalue weighted by Crippen LogP contribution is -2.28. The highest BCUT2D eigenvalue weighted by Crippen LogP contribution is 2.39.